The summed E-state index contributed by atoms with van der Waals surface area (Å²) >= 11 is 0. The molecule has 0 aromatic rings. The van der Waals surface area contributed by atoms with E-state index in [-0.39, 0.29) is 17.7 Å². The first-order chi connectivity index (χ1) is 6.70. The maximum absolute atomic E-state index is 11.6. The zero-order valence-electron chi connectivity index (χ0n) is 8.45. The molecular formula is C10H16N2O2. The lowest BCUT2D eigenvalue weighted by molar-refractivity contribution is -0.128. The predicted octanol–water partition coefficient (Wildman–Crippen LogP) is 0.133. The molecule has 1 saturated carbocycles. The number of nitrogens with zero attached hydrogens (tertiary/aromatic N) is 1. The Bertz CT molecular complexity index is 261. The van der Waals surface area contributed by atoms with Crippen LogP contribution in [0, 0.1) is 5.92 Å². The highest BCUT2D eigenvalue weighted by atomic mass is 16.2. The smallest absolute Gasteiger partial charge is 0.225 e. The number of likely N-dealkylation sites (tertiary alicyclic amines) is 1. The van der Waals surface area contributed by atoms with Crippen molar-refractivity contribution in [3.63, 3.8) is 0 Å². The third-order valence-corrected chi connectivity index (χ3v) is 2.89. The summed E-state index contributed by atoms with van der Waals surface area (Å²) in [6.07, 6.45) is 2.60. The minimum absolute atomic E-state index is 0.0665. The summed E-state index contributed by atoms with van der Waals surface area (Å²) < 4.78 is 0. The van der Waals surface area contributed by atoms with Gasteiger partial charge in [0, 0.05) is 25.6 Å². The second kappa shape index (κ2) is 3.59. The predicted molar refractivity (Wildman–Crippen MR) is 51.5 cm³/mol. The van der Waals surface area contributed by atoms with Gasteiger partial charge in [0.25, 0.3) is 0 Å². The van der Waals surface area contributed by atoms with E-state index in [4.69, 9.17) is 0 Å². The fourth-order valence-corrected chi connectivity index (χ4v) is 1.80. The first kappa shape index (κ1) is 9.49. The van der Waals surface area contributed by atoms with Gasteiger partial charge in [-0.15, -0.1) is 0 Å². The zero-order valence-corrected chi connectivity index (χ0v) is 8.45. The molecule has 1 heterocycles. The lowest BCUT2D eigenvalue weighted by atomic mass is 10.1. The van der Waals surface area contributed by atoms with Crippen molar-refractivity contribution in [2.75, 3.05) is 13.1 Å². The van der Waals surface area contributed by atoms with Crippen LogP contribution >= 0.6 is 0 Å². The molecule has 1 N–H and O–H groups in total. The van der Waals surface area contributed by atoms with Gasteiger partial charge in [-0.2, -0.15) is 0 Å². The number of hydrogen-bond donors (Lipinski definition) is 1. The van der Waals surface area contributed by atoms with Crippen molar-refractivity contribution in [3.05, 3.63) is 0 Å². The van der Waals surface area contributed by atoms with Gasteiger partial charge in [-0.3, -0.25) is 9.59 Å². The average Bonchev–Trinajstić information content (AvgIpc) is 2.87. The second-order valence-corrected chi connectivity index (χ2v) is 4.12. The van der Waals surface area contributed by atoms with Crippen LogP contribution in [0.25, 0.3) is 0 Å². The van der Waals surface area contributed by atoms with Gasteiger partial charge < -0.3 is 10.2 Å². The molecule has 0 spiro atoms. The third-order valence-electron chi connectivity index (χ3n) is 2.89. The molecule has 4 nitrogen and oxygen atoms in total. The fraction of sp³-hybridized carbons (Fsp3) is 0.800. The summed E-state index contributed by atoms with van der Waals surface area (Å²) in [5, 5.41) is 2.94. The first-order valence-electron chi connectivity index (χ1n) is 5.29. The number of rotatable bonds is 3. The molecule has 1 aliphatic heterocycles. The molecule has 4 heteroatoms. The van der Waals surface area contributed by atoms with Crippen LogP contribution in [-0.4, -0.2) is 35.8 Å². The van der Waals surface area contributed by atoms with E-state index in [0.717, 1.165) is 12.8 Å². The Morgan fingerprint density at radius 2 is 2.29 bits per heavy atom. The molecule has 0 radical (unpaired) electrons. The highest BCUT2D eigenvalue weighted by molar-refractivity contribution is 5.89. The molecule has 0 aromatic heterocycles. The molecule has 2 fully saturated rings. The van der Waals surface area contributed by atoms with E-state index in [1.54, 1.807) is 4.90 Å². The topological polar surface area (TPSA) is 49.4 Å². The molecule has 1 atom stereocenters. The van der Waals surface area contributed by atoms with Crippen LogP contribution in [0.2, 0.25) is 0 Å². The molecule has 1 saturated heterocycles. The number of carbonyl (C=O) groups is 2. The van der Waals surface area contributed by atoms with Crippen LogP contribution in [0.3, 0.4) is 0 Å². The van der Waals surface area contributed by atoms with E-state index in [2.05, 4.69) is 5.32 Å². The maximum Gasteiger partial charge on any atom is 0.225 e. The van der Waals surface area contributed by atoms with Gasteiger partial charge in [-0.05, 0) is 19.8 Å². The van der Waals surface area contributed by atoms with E-state index in [0.29, 0.717) is 25.6 Å². The highest BCUT2D eigenvalue weighted by Crippen LogP contribution is 2.22. The zero-order chi connectivity index (χ0) is 10.1. The van der Waals surface area contributed by atoms with E-state index in [1.165, 1.54) is 0 Å². The van der Waals surface area contributed by atoms with Crippen LogP contribution in [0.4, 0.5) is 0 Å². The van der Waals surface area contributed by atoms with Gasteiger partial charge in [0.1, 0.15) is 0 Å². The lowest BCUT2D eigenvalue weighted by Gasteiger charge is -2.13. The quantitative estimate of drug-likeness (QED) is 0.697. The Morgan fingerprint density at radius 1 is 1.57 bits per heavy atom. The highest BCUT2D eigenvalue weighted by Gasteiger charge is 2.35. The SMILES string of the molecule is CCN1CC(C(=O)NC2CC2)CC1=O. The number of hydrogen-bond acceptors (Lipinski definition) is 2. The number of amides is 2. The number of carbonyl (C=O) groups excluding carboxylic acids is 2. The van der Waals surface area contributed by atoms with Crippen LogP contribution in [0.15, 0.2) is 0 Å². The Morgan fingerprint density at radius 3 is 2.79 bits per heavy atom. The summed E-state index contributed by atoms with van der Waals surface area (Å²) in [6.45, 7) is 3.26. The molecule has 78 valence electrons. The normalized spacial score (nSPS) is 26.8. The van der Waals surface area contributed by atoms with Crippen molar-refractivity contribution in [2.45, 2.75) is 32.2 Å². The molecule has 1 aliphatic carbocycles. The Balaban J connectivity index is 1.86. The molecule has 0 bridgehead atoms. The van der Waals surface area contributed by atoms with Gasteiger partial charge in [-0.1, -0.05) is 0 Å². The molecule has 2 rings (SSSR count). The minimum atomic E-state index is -0.108. The summed E-state index contributed by atoms with van der Waals surface area (Å²) in [6, 6.07) is 0.397. The molecule has 0 aromatic carbocycles. The largest absolute Gasteiger partial charge is 0.353 e. The number of nitrogens with one attached hydrogen (secondary N) is 1. The van der Waals surface area contributed by atoms with Crippen molar-refractivity contribution in [1.29, 1.82) is 0 Å². The molecule has 14 heavy (non-hydrogen) atoms. The van der Waals surface area contributed by atoms with Gasteiger partial charge in [0.2, 0.25) is 11.8 Å². The monoisotopic (exact) mass is 196 g/mol. The molecule has 2 aliphatic rings. The fourth-order valence-electron chi connectivity index (χ4n) is 1.80. The molecular weight excluding hydrogens is 180 g/mol. The third kappa shape index (κ3) is 1.89. The van der Waals surface area contributed by atoms with Crippen molar-refractivity contribution in [3.8, 4) is 0 Å². The standard InChI is InChI=1S/C10H16N2O2/c1-2-12-6-7(5-9(12)13)10(14)11-8-3-4-8/h7-8H,2-6H2,1H3,(H,11,14). The van der Waals surface area contributed by atoms with Crippen LogP contribution in [0.1, 0.15) is 26.2 Å². The van der Waals surface area contributed by atoms with E-state index in [1.807, 2.05) is 6.92 Å². The van der Waals surface area contributed by atoms with Crippen LogP contribution < -0.4 is 5.32 Å². The maximum atomic E-state index is 11.6. The van der Waals surface area contributed by atoms with Gasteiger partial charge >= 0.3 is 0 Å². The average molecular weight is 196 g/mol. The summed E-state index contributed by atoms with van der Waals surface area (Å²) in [4.78, 5) is 24.7. The first-order valence-corrected chi connectivity index (χ1v) is 5.29. The van der Waals surface area contributed by atoms with Crippen molar-refractivity contribution in [2.24, 2.45) is 5.92 Å². The van der Waals surface area contributed by atoms with Gasteiger partial charge in [-0.25, -0.2) is 0 Å². The minimum Gasteiger partial charge on any atom is -0.353 e. The summed E-state index contributed by atoms with van der Waals surface area (Å²) in [7, 11) is 0. The second-order valence-electron chi connectivity index (χ2n) is 4.12. The Hall–Kier alpha value is -1.06. The van der Waals surface area contributed by atoms with Gasteiger partial charge in [0.15, 0.2) is 0 Å². The van der Waals surface area contributed by atoms with Crippen molar-refractivity contribution < 1.29 is 9.59 Å². The van der Waals surface area contributed by atoms with E-state index >= 15 is 0 Å². The lowest BCUT2D eigenvalue weighted by Crippen LogP contribution is -2.34. The molecule has 2 amide bonds. The van der Waals surface area contributed by atoms with E-state index < -0.39 is 0 Å². The van der Waals surface area contributed by atoms with E-state index in [9.17, 15) is 9.59 Å². The van der Waals surface area contributed by atoms with Crippen LogP contribution in [-0.2, 0) is 9.59 Å². The van der Waals surface area contributed by atoms with Crippen LogP contribution in [0.5, 0.6) is 0 Å². The van der Waals surface area contributed by atoms with Gasteiger partial charge in [0.05, 0.1) is 5.92 Å². The Kier molecular flexibility index (Phi) is 2.44. The van der Waals surface area contributed by atoms with Crippen molar-refractivity contribution >= 4 is 11.8 Å². The summed E-state index contributed by atoms with van der Waals surface area (Å²) in [5.41, 5.74) is 0. The van der Waals surface area contributed by atoms with Crippen molar-refractivity contribution in [1.82, 2.24) is 10.2 Å². The summed E-state index contributed by atoms with van der Waals surface area (Å²) in [5.74, 6) is 0.0725. The Labute approximate surface area is 83.6 Å². The molecule has 1 unspecified atom stereocenters.